The van der Waals surface area contributed by atoms with Gasteiger partial charge in [-0.3, -0.25) is 11.3 Å². The van der Waals surface area contributed by atoms with Crippen molar-refractivity contribution in [1.82, 2.24) is 5.43 Å². The first-order chi connectivity index (χ1) is 9.41. The molecular weight excluding hydrogens is 292 g/mol. The average molecular weight is 304 g/mol. The summed E-state index contributed by atoms with van der Waals surface area (Å²) in [5.41, 5.74) is 2.32. The summed E-state index contributed by atoms with van der Waals surface area (Å²) in [6, 6.07) is 4.99. The first kappa shape index (κ1) is 15.0. The van der Waals surface area contributed by atoms with Gasteiger partial charge in [0, 0.05) is 5.38 Å². The van der Waals surface area contributed by atoms with E-state index in [0.29, 0.717) is 5.56 Å². The summed E-state index contributed by atoms with van der Waals surface area (Å²) in [7, 11) is 0. The normalized spacial score (nSPS) is 13.4. The summed E-state index contributed by atoms with van der Waals surface area (Å²) in [5.74, 6) is 4.92. The van der Waals surface area contributed by atoms with Crippen LogP contribution < -0.4 is 11.3 Å². The molecule has 1 unspecified atom stereocenters. The zero-order valence-corrected chi connectivity index (χ0v) is 11.1. The molecule has 3 N–H and O–H groups in total. The second-order valence-electron chi connectivity index (χ2n) is 4.29. The Morgan fingerprint density at radius 2 is 2.00 bits per heavy atom. The highest BCUT2D eigenvalue weighted by atomic mass is 32.1. The lowest BCUT2D eigenvalue weighted by molar-refractivity contribution is -0.138. The van der Waals surface area contributed by atoms with Gasteiger partial charge in [-0.15, -0.1) is 0 Å². The largest absolute Gasteiger partial charge is 0.417 e. The molecule has 0 spiro atoms. The van der Waals surface area contributed by atoms with Gasteiger partial charge in [0.25, 0.3) is 0 Å². The SMILES string of the molecule is NNC(Cc1cccc(F)c1)c1cscc1C(F)(F)F. The van der Waals surface area contributed by atoms with E-state index in [1.807, 2.05) is 0 Å². The molecular formula is C13H12F4N2S. The van der Waals surface area contributed by atoms with E-state index in [9.17, 15) is 17.6 Å². The molecule has 7 heteroatoms. The summed E-state index contributed by atoms with van der Waals surface area (Å²) in [6.45, 7) is 0. The van der Waals surface area contributed by atoms with E-state index in [2.05, 4.69) is 5.43 Å². The predicted octanol–water partition coefficient (Wildman–Crippen LogP) is 3.65. The first-order valence-electron chi connectivity index (χ1n) is 5.75. The van der Waals surface area contributed by atoms with Crippen LogP contribution in [-0.2, 0) is 12.6 Å². The number of nitrogens with one attached hydrogen (secondary N) is 1. The van der Waals surface area contributed by atoms with Gasteiger partial charge in [-0.05, 0) is 35.1 Å². The van der Waals surface area contributed by atoms with Crippen LogP contribution in [-0.4, -0.2) is 0 Å². The average Bonchev–Trinajstić information content (AvgIpc) is 2.85. The van der Waals surface area contributed by atoms with Crippen LogP contribution in [0.5, 0.6) is 0 Å². The van der Waals surface area contributed by atoms with E-state index < -0.39 is 23.6 Å². The molecule has 0 aliphatic rings. The minimum absolute atomic E-state index is 0.0780. The standard InChI is InChI=1S/C13H12F4N2S/c14-9-3-1-2-8(4-9)5-12(19-18)10-6-20-7-11(10)13(15,16)17/h1-4,6-7,12,19H,5,18H2. The van der Waals surface area contributed by atoms with Crippen LogP contribution in [0.15, 0.2) is 35.0 Å². The maximum absolute atomic E-state index is 13.1. The van der Waals surface area contributed by atoms with Crippen LogP contribution in [0.25, 0.3) is 0 Å². The van der Waals surface area contributed by atoms with E-state index in [0.717, 1.165) is 16.7 Å². The van der Waals surface area contributed by atoms with Gasteiger partial charge in [0.1, 0.15) is 5.82 Å². The van der Waals surface area contributed by atoms with Crippen LogP contribution in [0.3, 0.4) is 0 Å². The number of hydrogen-bond donors (Lipinski definition) is 2. The molecule has 0 amide bonds. The highest BCUT2D eigenvalue weighted by Crippen LogP contribution is 2.37. The molecule has 20 heavy (non-hydrogen) atoms. The van der Waals surface area contributed by atoms with Crippen molar-refractivity contribution in [2.24, 2.45) is 5.84 Å². The topological polar surface area (TPSA) is 38.0 Å². The quantitative estimate of drug-likeness (QED) is 0.514. The van der Waals surface area contributed by atoms with E-state index in [1.165, 1.54) is 23.6 Å². The molecule has 1 heterocycles. The molecule has 0 aliphatic carbocycles. The Labute approximate surface area is 117 Å². The van der Waals surface area contributed by atoms with Crippen LogP contribution >= 0.6 is 11.3 Å². The lowest BCUT2D eigenvalue weighted by Crippen LogP contribution is -2.30. The number of benzene rings is 1. The Morgan fingerprint density at radius 3 is 2.60 bits per heavy atom. The number of hydrazine groups is 1. The molecule has 1 aromatic carbocycles. The zero-order valence-electron chi connectivity index (χ0n) is 10.2. The zero-order chi connectivity index (χ0) is 14.8. The molecule has 1 atom stereocenters. The molecule has 0 saturated carbocycles. The van der Waals surface area contributed by atoms with Crippen molar-refractivity contribution in [2.75, 3.05) is 0 Å². The van der Waals surface area contributed by atoms with Gasteiger partial charge in [0.2, 0.25) is 0 Å². The number of halogens is 4. The molecule has 0 saturated heterocycles. The van der Waals surface area contributed by atoms with Crippen LogP contribution in [0, 0.1) is 5.82 Å². The van der Waals surface area contributed by atoms with Gasteiger partial charge >= 0.3 is 6.18 Å². The fraction of sp³-hybridized carbons (Fsp3) is 0.231. The minimum atomic E-state index is -4.42. The Kier molecular flexibility index (Phi) is 4.42. The summed E-state index contributed by atoms with van der Waals surface area (Å²) in [4.78, 5) is 0. The second kappa shape index (κ2) is 5.90. The highest BCUT2D eigenvalue weighted by molar-refractivity contribution is 7.08. The molecule has 0 aliphatic heterocycles. The van der Waals surface area contributed by atoms with Crippen molar-refractivity contribution >= 4 is 11.3 Å². The predicted molar refractivity (Wildman–Crippen MR) is 69.5 cm³/mol. The molecule has 0 fully saturated rings. The summed E-state index contributed by atoms with van der Waals surface area (Å²) >= 11 is 0.961. The first-order valence-corrected chi connectivity index (χ1v) is 6.70. The van der Waals surface area contributed by atoms with Gasteiger partial charge in [-0.1, -0.05) is 12.1 Å². The molecule has 1 aromatic heterocycles. The van der Waals surface area contributed by atoms with Gasteiger partial charge < -0.3 is 0 Å². The molecule has 0 bridgehead atoms. The Bertz CT molecular complexity index is 580. The summed E-state index contributed by atoms with van der Waals surface area (Å²) in [5, 5.41) is 2.46. The lowest BCUT2D eigenvalue weighted by atomic mass is 9.98. The minimum Gasteiger partial charge on any atom is -0.271 e. The Morgan fingerprint density at radius 1 is 1.25 bits per heavy atom. The molecule has 2 rings (SSSR count). The van der Waals surface area contributed by atoms with Crippen LogP contribution in [0.4, 0.5) is 17.6 Å². The van der Waals surface area contributed by atoms with Gasteiger partial charge in [-0.2, -0.15) is 24.5 Å². The fourth-order valence-corrected chi connectivity index (χ4v) is 2.88. The molecule has 108 valence electrons. The summed E-state index contributed by atoms with van der Waals surface area (Å²) < 4.78 is 51.7. The lowest BCUT2D eigenvalue weighted by Gasteiger charge is -2.18. The Balaban J connectivity index is 2.27. The van der Waals surface area contributed by atoms with Gasteiger partial charge in [0.15, 0.2) is 0 Å². The van der Waals surface area contributed by atoms with Crippen LogP contribution in [0.1, 0.15) is 22.7 Å². The van der Waals surface area contributed by atoms with E-state index in [1.54, 1.807) is 6.07 Å². The third-order valence-electron chi connectivity index (χ3n) is 2.90. The van der Waals surface area contributed by atoms with Gasteiger partial charge in [0.05, 0.1) is 11.6 Å². The van der Waals surface area contributed by atoms with Gasteiger partial charge in [-0.25, -0.2) is 4.39 Å². The number of thiophene rings is 1. The third-order valence-corrected chi connectivity index (χ3v) is 3.66. The maximum Gasteiger partial charge on any atom is 0.417 e. The number of nitrogens with two attached hydrogens (primary N) is 1. The molecule has 0 radical (unpaired) electrons. The van der Waals surface area contributed by atoms with E-state index >= 15 is 0 Å². The number of rotatable bonds is 4. The Hall–Kier alpha value is -1.44. The second-order valence-corrected chi connectivity index (χ2v) is 5.04. The van der Waals surface area contributed by atoms with E-state index in [-0.39, 0.29) is 12.0 Å². The van der Waals surface area contributed by atoms with Crippen molar-refractivity contribution in [2.45, 2.75) is 18.6 Å². The molecule has 2 aromatic rings. The monoisotopic (exact) mass is 304 g/mol. The number of hydrogen-bond acceptors (Lipinski definition) is 3. The van der Waals surface area contributed by atoms with E-state index in [4.69, 9.17) is 5.84 Å². The van der Waals surface area contributed by atoms with Crippen molar-refractivity contribution in [3.05, 3.63) is 57.5 Å². The molecule has 2 nitrogen and oxygen atoms in total. The third kappa shape index (κ3) is 3.36. The maximum atomic E-state index is 13.1. The van der Waals surface area contributed by atoms with Crippen molar-refractivity contribution in [1.29, 1.82) is 0 Å². The summed E-state index contributed by atoms with van der Waals surface area (Å²) in [6.07, 6.45) is -4.25. The van der Waals surface area contributed by atoms with Crippen LogP contribution in [0.2, 0.25) is 0 Å². The fourth-order valence-electron chi connectivity index (χ4n) is 1.97. The van der Waals surface area contributed by atoms with Crippen molar-refractivity contribution in [3.63, 3.8) is 0 Å². The van der Waals surface area contributed by atoms with Crippen molar-refractivity contribution < 1.29 is 17.6 Å². The number of alkyl halides is 3. The highest BCUT2D eigenvalue weighted by Gasteiger charge is 2.35. The smallest absolute Gasteiger partial charge is 0.271 e. The van der Waals surface area contributed by atoms with Crippen molar-refractivity contribution in [3.8, 4) is 0 Å².